The van der Waals surface area contributed by atoms with Gasteiger partial charge in [0.15, 0.2) is 0 Å². The van der Waals surface area contributed by atoms with E-state index in [4.69, 9.17) is 0 Å². The van der Waals surface area contributed by atoms with Gasteiger partial charge in [-0.15, -0.1) is 5.10 Å². The molecule has 0 aliphatic carbocycles. The van der Waals surface area contributed by atoms with Gasteiger partial charge in [-0.2, -0.15) is 0 Å². The van der Waals surface area contributed by atoms with Crippen molar-refractivity contribution in [3.8, 4) is 0 Å². The van der Waals surface area contributed by atoms with Gasteiger partial charge in [-0.25, -0.2) is 0 Å². The summed E-state index contributed by atoms with van der Waals surface area (Å²) in [7, 11) is 0. The van der Waals surface area contributed by atoms with Gasteiger partial charge < -0.3 is 15.5 Å². The first-order valence-corrected chi connectivity index (χ1v) is 11.3. The number of hydrogen-bond donors (Lipinski definition) is 2. The number of aryl methyl sites for hydroxylation is 2. The van der Waals surface area contributed by atoms with Crippen LogP contribution in [0, 0.1) is 19.8 Å². The summed E-state index contributed by atoms with van der Waals surface area (Å²) in [6.07, 6.45) is 3.66. The minimum Gasteiger partial charge on any atom is -0.370 e. The highest BCUT2D eigenvalue weighted by Gasteiger charge is 2.26. The molecule has 4 rings (SSSR count). The molecule has 0 bridgehead atoms. The lowest BCUT2D eigenvalue weighted by Crippen LogP contribution is -2.44. The van der Waals surface area contributed by atoms with Gasteiger partial charge in [0.05, 0.1) is 17.1 Å². The SMILES string of the molecule is Cc1ccc2nccc(N3CCCC(C(=O)NCCNC(=O)c4snnc4C)C3)c2c1. The number of amides is 2. The minimum atomic E-state index is -0.203. The first kappa shape index (κ1) is 21.2. The molecule has 1 atom stereocenters. The van der Waals surface area contributed by atoms with E-state index in [9.17, 15) is 9.59 Å². The Kier molecular flexibility index (Phi) is 6.41. The third-order valence-electron chi connectivity index (χ3n) is 5.57. The van der Waals surface area contributed by atoms with Crippen LogP contribution < -0.4 is 15.5 Å². The Morgan fingerprint density at radius 3 is 2.84 bits per heavy atom. The van der Waals surface area contributed by atoms with Crippen LogP contribution in [0.5, 0.6) is 0 Å². The van der Waals surface area contributed by atoms with Gasteiger partial charge in [0.25, 0.3) is 5.91 Å². The van der Waals surface area contributed by atoms with Crippen LogP contribution >= 0.6 is 11.5 Å². The molecule has 1 aromatic carbocycles. The Morgan fingerprint density at radius 2 is 2.03 bits per heavy atom. The molecule has 3 aromatic rings. The number of aromatic nitrogens is 3. The summed E-state index contributed by atoms with van der Waals surface area (Å²) in [6.45, 7) is 6.19. The monoisotopic (exact) mass is 438 g/mol. The summed E-state index contributed by atoms with van der Waals surface area (Å²) in [5.74, 6) is -0.250. The predicted molar refractivity (Wildman–Crippen MR) is 121 cm³/mol. The second-order valence-electron chi connectivity index (χ2n) is 7.87. The predicted octanol–water partition coefficient (Wildman–Crippen LogP) is 2.47. The molecule has 0 radical (unpaired) electrons. The van der Waals surface area contributed by atoms with Crippen molar-refractivity contribution in [2.75, 3.05) is 31.1 Å². The number of pyridine rings is 1. The normalized spacial score (nSPS) is 16.3. The van der Waals surface area contributed by atoms with E-state index in [1.54, 1.807) is 6.92 Å². The molecule has 2 amide bonds. The average molecular weight is 439 g/mol. The van der Waals surface area contributed by atoms with Crippen LogP contribution in [0.1, 0.15) is 33.8 Å². The van der Waals surface area contributed by atoms with E-state index in [2.05, 4.69) is 49.2 Å². The van der Waals surface area contributed by atoms with Crippen LogP contribution in [-0.2, 0) is 4.79 Å². The second-order valence-corrected chi connectivity index (χ2v) is 8.62. The molecule has 3 heterocycles. The molecule has 1 saturated heterocycles. The Bertz CT molecular complexity index is 1100. The van der Waals surface area contributed by atoms with Crippen molar-refractivity contribution in [1.29, 1.82) is 0 Å². The van der Waals surface area contributed by atoms with Gasteiger partial charge in [-0.3, -0.25) is 14.6 Å². The number of piperidine rings is 1. The lowest BCUT2D eigenvalue weighted by atomic mass is 9.96. The maximum atomic E-state index is 12.7. The maximum absolute atomic E-state index is 12.7. The van der Waals surface area contributed by atoms with Crippen molar-refractivity contribution < 1.29 is 9.59 Å². The van der Waals surface area contributed by atoms with Crippen LogP contribution in [0.3, 0.4) is 0 Å². The van der Waals surface area contributed by atoms with Crippen molar-refractivity contribution >= 4 is 39.9 Å². The van der Waals surface area contributed by atoms with Gasteiger partial charge in [0.2, 0.25) is 5.91 Å². The van der Waals surface area contributed by atoms with Crippen LogP contribution in [0.4, 0.5) is 5.69 Å². The highest BCUT2D eigenvalue weighted by molar-refractivity contribution is 7.08. The van der Waals surface area contributed by atoms with E-state index in [-0.39, 0.29) is 17.7 Å². The van der Waals surface area contributed by atoms with E-state index >= 15 is 0 Å². The van der Waals surface area contributed by atoms with Gasteiger partial charge in [-0.05, 0) is 56.4 Å². The number of benzene rings is 1. The smallest absolute Gasteiger partial charge is 0.265 e. The topological polar surface area (TPSA) is 100 Å². The maximum Gasteiger partial charge on any atom is 0.265 e. The summed E-state index contributed by atoms with van der Waals surface area (Å²) in [6, 6.07) is 8.30. The highest BCUT2D eigenvalue weighted by atomic mass is 32.1. The first-order valence-electron chi connectivity index (χ1n) is 10.5. The number of nitrogens with zero attached hydrogens (tertiary/aromatic N) is 4. The molecule has 0 saturated carbocycles. The number of hydrogen-bond acceptors (Lipinski definition) is 7. The number of rotatable bonds is 6. The van der Waals surface area contributed by atoms with E-state index in [1.807, 2.05) is 18.3 Å². The molecule has 0 spiro atoms. The van der Waals surface area contributed by atoms with Crippen molar-refractivity contribution in [2.45, 2.75) is 26.7 Å². The molecule has 2 N–H and O–H groups in total. The van der Waals surface area contributed by atoms with E-state index in [0.717, 1.165) is 47.5 Å². The van der Waals surface area contributed by atoms with Gasteiger partial charge in [0, 0.05) is 43.4 Å². The van der Waals surface area contributed by atoms with Crippen LogP contribution in [0.2, 0.25) is 0 Å². The summed E-state index contributed by atoms with van der Waals surface area (Å²) in [5.41, 5.74) is 3.91. The third-order valence-corrected chi connectivity index (χ3v) is 6.40. The van der Waals surface area contributed by atoms with Gasteiger partial charge in [0.1, 0.15) is 4.88 Å². The molecule has 31 heavy (non-hydrogen) atoms. The molecule has 1 fully saturated rings. The van der Waals surface area contributed by atoms with Gasteiger partial charge >= 0.3 is 0 Å². The van der Waals surface area contributed by atoms with Crippen molar-refractivity contribution in [2.24, 2.45) is 5.92 Å². The Labute approximate surface area is 185 Å². The number of carbonyl (C=O) groups excluding carboxylic acids is 2. The lowest BCUT2D eigenvalue weighted by Gasteiger charge is -2.34. The molecule has 1 aliphatic rings. The Hall–Kier alpha value is -3.07. The van der Waals surface area contributed by atoms with Crippen LogP contribution in [-0.4, -0.2) is 52.6 Å². The van der Waals surface area contributed by atoms with E-state index < -0.39 is 0 Å². The average Bonchev–Trinajstić information content (AvgIpc) is 3.22. The lowest BCUT2D eigenvalue weighted by molar-refractivity contribution is -0.125. The fourth-order valence-corrected chi connectivity index (χ4v) is 4.53. The molecule has 8 nitrogen and oxygen atoms in total. The number of carbonyl (C=O) groups is 2. The summed E-state index contributed by atoms with van der Waals surface area (Å²) >= 11 is 1.07. The minimum absolute atomic E-state index is 0.0316. The number of fused-ring (bicyclic) bond motifs is 1. The molecule has 162 valence electrons. The summed E-state index contributed by atoms with van der Waals surface area (Å²) in [4.78, 5) is 32.1. The molecule has 2 aromatic heterocycles. The first-order chi connectivity index (χ1) is 15.0. The van der Waals surface area contributed by atoms with Crippen LogP contribution in [0.25, 0.3) is 10.9 Å². The van der Waals surface area contributed by atoms with E-state index in [1.165, 1.54) is 5.56 Å². The van der Waals surface area contributed by atoms with Crippen LogP contribution in [0.15, 0.2) is 30.5 Å². The number of nitrogens with one attached hydrogen (secondary N) is 2. The fourth-order valence-electron chi connectivity index (χ4n) is 3.96. The molecule has 1 aliphatic heterocycles. The zero-order chi connectivity index (χ0) is 21.8. The summed E-state index contributed by atoms with van der Waals surface area (Å²) < 4.78 is 3.77. The molecule has 9 heteroatoms. The van der Waals surface area contributed by atoms with Crippen molar-refractivity contribution in [1.82, 2.24) is 25.2 Å². The molecular weight excluding hydrogens is 412 g/mol. The zero-order valence-corrected chi connectivity index (χ0v) is 18.5. The van der Waals surface area contributed by atoms with Crippen molar-refractivity contribution in [3.05, 3.63) is 46.6 Å². The van der Waals surface area contributed by atoms with E-state index in [0.29, 0.717) is 30.2 Å². The second kappa shape index (κ2) is 9.38. The Balaban J connectivity index is 1.32. The Morgan fingerprint density at radius 1 is 1.19 bits per heavy atom. The molecule has 1 unspecified atom stereocenters. The fraction of sp³-hybridized carbons (Fsp3) is 0.409. The quantitative estimate of drug-likeness (QED) is 0.574. The zero-order valence-electron chi connectivity index (χ0n) is 17.7. The molecular formula is C22H26N6O2S. The van der Waals surface area contributed by atoms with Crippen molar-refractivity contribution in [3.63, 3.8) is 0 Å². The van der Waals surface area contributed by atoms with Gasteiger partial charge in [-0.1, -0.05) is 16.1 Å². The standard InChI is InChI=1S/C22H26N6O2S/c1-14-5-6-18-17(12-14)19(7-8-23-18)28-11-3-4-16(13-28)21(29)24-9-10-25-22(30)20-15(2)26-27-31-20/h5-8,12,16H,3-4,9-11,13H2,1-2H3,(H,24,29)(H,25,30). The third kappa shape index (κ3) is 4.82. The summed E-state index contributed by atoms with van der Waals surface area (Å²) in [5, 5.41) is 10.7. The number of anilines is 1. The highest BCUT2D eigenvalue weighted by Crippen LogP contribution is 2.30. The largest absolute Gasteiger partial charge is 0.370 e.